The molecule has 4 aromatic rings. The third-order valence-electron chi connectivity index (χ3n) is 4.01. The summed E-state index contributed by atoms with van der Waals surface area (Å²) in [5, 5.41) is 12.9. The number of fused-ring (bicyclic) bond motifs is 1. The molecular formula is C17H14ClN7O2S. The number of amides is 2. The van der Waals surface area contributed by atoms with Crippen molar-refractivity contribution in [1.29, 1.82) is 0 Å². The molecule has 2 N–H and O–H groups in total. The molecule has 0 spiro atoms. The number of hydrogen-bond acceptors (Lipinski definition) is 6. The van der Waals surface area contributed by atoms with Crippen molar-refractivity contribution in [3.8, 4) is 10.4 Å². The highest BCUT2D eigenvalue weighted by Gasteiger charge is 2.18. The number of anilines is 2. The lowest BCUT2D eigenvalue weighted by Gasteiger charge is -2.09. The van der Waals surface area contributed by atoms with Crippen LogP contribution in [0.1, 0.15) is 16.1 Å². The van der Waals surface area contributed by atoms with E-state index in [0.717, 1.165) is 10.4 Å². The van der Waals surface area contributed by atoms with Gasteiger partial charge in [-0.1, -0.05) is 0 Å². The van der Waals surface area contributed by atoms with Crippen molar-refractivity contribution in [2.75, 3.05) is 10.6 Å². The van der Waals surface area contributed by atoms with Gasteiger partial charge in [-0.15, -0.1) is 11.3 Å². The minimum atomic E-state index is -0.734. The topological polar surface area (TPSA) is 106 Å². The molecule has 4 heterocycles. The molecule has 142 valence electrons. The van der Waals surface area contributed by atoms with Crippen LogP contribution in [0.3, 0.4) is 0 Å². The van der Waals surface area contributed by atoms with Crippen LogP contribution in [0, 0.1) is 6.92 Å². The van der Waals surface area contributed by atoms with Gasteiger partial charge in [-0.25, -0.2) is 4.52 Å². The summed E-state index contributed by atoms with van der Waals surface area (Å²) in [4.78, 5) is 29.6. The van der Waals surface area contributed by atoms with E-state index in [1.54, 1.807) is 28.4 Å². The van der Waals surface area contributed by atoms with Gasteiger partial charge in [-0.3, -0.25) is 19.3 Å². The Hall–Kier alpha value is -3.24. The van der Waals surface area contributed by atoms with Gasteiger partial charge in [0.15, 0.2) is 0 Å². The Morgan fingerprint density at radius 2 is 1.96 bits per heavy atom. The van der Waals surface area contributed by atoms with Gasteiger partial charge >= 0.3 is 5.37 Å². The van der Waals surface area contributed by atoms with E-state index in [4.69, 9.17) is 11.6 Å². The predicted octanol–water partition coefficient (Wildman–Crippen LogP) is 3.52. The predicted molar refractivity (Wildman–Crippen MR) is 107 cm³/mol. The summed E-state index contributed by atoms with van der Waals surface area (Å²) in [6.45, 7) is 1.75. The van der Waals surface area contributed by atoms with Crippen LogP contribution in [0.5, 0.6) is 0 Å². The molecule has 28 heavy (non-hydrogen) atoms. The number of nitrogens with zero attached hydrogens (tertiary/aromatic N) is 5. The highest BCUT2D eigenvalue weighted by Crippen LogP contribution is 2.30. The summed E-state index contributed by atoms with van der Waals surface area (Å²) in [7, 11) is 1.85. The van der Waals surface area contributed by atoms with Crippen LogP contribution in [0.25, 0.3) is 15.3 Å². The van der Waals surface area contributed by atoms with Crippen molar-refractivity contribution in [1.82, 2.24) is 24.4 Å². The van der Waals surface area contributed by atoms with Crippen LogP contribution < -0.4 is 10.6 Å². The Balaban J connectivity index is 1.63. The first-order valence-electron chi connectivity index (χ1n) is 8.11. The lowest BCUT2D eigenvalue weighted by molar-refractivity contribution is 0.102. The Labute approximate surface area is 168 Å². The number of carbonyl (C=O) groups excluding carboxylic acids is 2. The van der Waals surface area contributed by atoms with E-state index >= 15 is 0 Å². The fourth-order valence-electron chi connectivity index (χ4n) is 2.66. The summed E-state index contributed by atoms with van der Waals surface area (Å²) < 4.78 is 3.38. The zero-order valence-corrected chi connectivity index (χ0v) is 16.4. The van der Waals surface area contributed by atoms with Crippen molar-refractivity contribution >= 4 is 50.4 Å². The van der Waals surface area contributed by atoms with Gasteiger partial charge in [0.2, 0.25) is 0 Å². The molecule has 2 amide bonds. The Morgan fingerprint density at radius 3 is 2.68 bits per heavy atom. The van der Waals surface area contributed by atoms with E-state index in [1.807, 2.05) is 19.4 Å². The van der Waals surface area contributed by atoms with Crippen molar-refractivity contribution in [3.05, 3.63) is 48.3 Å². The first-order valence-corrected chi connectivity index (χ1v) is 9.31. The Bertz CT molecular complexity index is 1210. The molecule has 0 aliphatic heterocycles. The van der Waals surface area contributed by atoms with Gasteiger partial charge in [0.1, 0.15) is 4.83 Å². The minimum Gasteiger partial charge on any atom is -0.320 e. The van der Waals surface area contributed by atoms with Gasteiger partial charge in [-0.2, -0.15) is 10.2 Å². The van der Waals surface area contributed by atoms with Crippen LogP contribution >= 0.6 is 22.9 Å². The monoisotopic (exact) mass is 415 g/mol. The standard InChI is InChI=1S/C17H14ClN7O2S/c1-9-13(3-11(5-19-9)22-17(18)27)23-15(26)12-6-21-25-8-14(28-16(12)25)10-4-20-24(2)7-10/h3-8H,1-2H3,(H,22,27)(H,23,26). The normalized spacial score (nSPS) is 11.0. The van der Waals surface area contributed by atoms with Gasteiger partial charge in [0.25, 0.3) is 5.91 Å². The van der Waals surface area contributed by atoms with E-state index < -0.39 is 5.37 Å². The third kappa shape index (κ3) is 3.47. The number of halogens is 1. The highest BCUT2D eigenvalue weighted by molar-refractivity contribution is 7.21. The SMILES string of the molecule is Cc1ncc(NC(=O)Cl)cc1NC(=O)c1cnn2cc(-c3cnn(C)c3)sc12. The molecule has 0 fully saturated rings. The molecule has 0 unspecified atom stereocenters. The minimum absolute atomic E-state index is 0.325. The van der Waals surface area contributed by atoms with Crippen LogP contribution in [-0.4, -0.2) is 35.7 Å². The second kappa shape index (κ2) is 7.06. The lowest BCUT2D eigenvalue weighted by Crippen LogP contribution is -2.13. The van der Waals surface area contributed by atoms with Gasteiger partial charge in [-0.05, 0) is 24.6 Å². The number of nitrogens with one attached hydrogen (secondary N) is 2. The van der Waals surface area contributed by atoms with Gasteiger partial charge in [0, 0.05) is 25.0 Å². The van der Waals surface area contributed by atoms with E-state index in [9.17, 15) is 9.59 Å². The average molecular weight is 416 g/mol. The molecule has 0 radical (unpaired) electrons. The van der Waals surface area contributed by atoms with Crippen molar-refractivity contribution in [3.63, 3.8) is 0 Å². The fourth-order valence-corrected chi connectivity index (χ4v) is 3.80. The summed E-state index contributed by atoms with van der Waals surface area (Å²) in [5.74, 6) is -0.325. The first-order chi connectivity index (χ1) is 13.4. The number of rotatable bonds is 4. The quantitative estimate of drug-likeness (QED) is 0.391. The molecule has 0 saturated heterocycles. The number of aryl methyl sites for hydroxylation is 2. The average Bonchev–Trinajstić information content (AvgIpc) is 3.32. The number of pyridine rings is 1. The van der Waals surface area contributed by atoms with E-state index in [2.05, 4.69) is 25.8 Å². The molecule has 0 aliphatic carbocycles. The van der Waals surface area contributed by atoms with Crippen LogP contribution in [0.15, 0.2) is 37.1 Å². The van der Waals surface area contributed by atoms with Gasteiger partial charge in [0.05, 0.1) is 46.1 Å². The van der Waals surface area contributed by atoms with E-state index in [0.29, 0.717) is 27.5 Å². The molecule has 9 nitrogen and oxygen atoms in total. The Morgan fingerprint density at radius 1 is 1.14 bits per heavy atom. The van der Waals surface area contributed by atoms with E-state index in [1.165, 1.54) is 23.7 Å². The summed E-state index contributed by atoms with van der Waals surface area (Å²) in [5.41, 5.74) is 2.85. The molecule has 4 aromatic heterocycles. The van der Waals surface area contributed by atoms with Crippen molar-refractivity contribution in [2.45, 2.75) is 6.92 Å². The maximum atomic E-state index is 12.8. The molecule has 0 aliphatic rings. The molecule has 4 rings (SSSR count). The highest BCUT2D eigenvalue weighted by atomic mass is 35.5. The number of thiazole rings is 1. The van der Waals surface area contributed by atoms with Crippen molar-refractivity contribution in [2.24, 2.45) is 7.05 Å². The molecule has 0 saturated carbocycles. The van der Waals surface area contributed by atoms with Crippen LogP contribution in [-0.2, 0) is 7.05 Å². The smallest absolute Gasteiger partial charge is 0.318 e. The largest absolute Gasteiger partial charge is 0.320 e. The number of hydrogen-bond donors (Lipinski definition) is 2. The van der Waals surface area contributed by atoms with Crippen LogP contribution in [0.4, 0.5) is 16.2 Å². The second-order valence-corrected chi connectivity index (χ2v) is 7.39. The molecule has 0 atom stereocenters. The second-order valence-electron chi connectivity index (χ2n) is 6.02. The number of carbonyl (C=O) groups is 2. The maximum absolute atomic E-state index is 12.8. The Kier molecular flexibility index (Phi) is 4.57. The molecule has 0 bridgehead atoms. The van der Waals surface area contributed by atoms with Crippen molar-refractivity contribution < 1.29 is 9.59 Å². The molecule has 11 heteroatoms. The zero-order chi connectivity index (χ0) is 19.8. The summed E-state index contributed by atoms with van der Waals surface area (Å²) >= 11 is 6.78. The van der Waals surface area contributed by atoms with E-state index in [-0.39, 0.29) is 5.91 Å². The zero-order valence-electron chi connectivity index (χ0n) is 14.8. The molecule has 0 aromatic carbocycles. The van der Waals surface area contributed by atoms with Crippen LogP contribution in [0.2, 0.25) is 0 Å². The summed E-state index contributed by atoms with van der Waals surface area (Å²) in [6, 6.07) is 1.59. The first kappa shape index (κ1) is 18.1. The maximum Gasteiger partial charge on any atom is 0.318 e. The molecular weight excluding hydrogens is 402 g/mol. The number of aromatic nitrogens is 5. The third-order valence-corrected chi connectivity index (χ3v) is 5.26. The summed E-state index contributed by atoms with van der Waals surface area (Å²) in [6.07, 6.45) is 8.49. The lowest BCUT2D eigenvalue weighted by atomic mass is 10.2. The fraction of sp³-hybridized carbons (Fsp3) is 0.118. The van der Waals surface area contributed by atoms with Gasteiger partial charge < -0.3 is 10.6 Å².